The summed E-state index contributed by atoms with van der Waals surface area (Å²) in [4.78, 5) is 25.2. The van der Waals surface area contributed by atoms with E-state index >= 15 is 0 Å². The molecule has 78 valence electrons. The van der Waals surface area contributed by atoms with Gasteiger partial charge < -0.3 is 10.4 Å². The van der Waals surface area contributed by atoms with E-state index in [-0.39, 0.29) is 12.2 Å². The van der Waals surface area contributed by atoms with E-state index in [1.54, 1.807) is 6.92 Å². The van der Waals surface area contributed by atoms with Crippen molar-refractivity contribution in [3.63, 3.8) is 0 Å². The molecule has 0 unspecified atom stereocenters. The fraction of sp³-hybridized carbons (Fsp3) is 0.222. The van der Waals surface area contributed by atoms with E-state index in [0.717, 1.165) is 0 Å². The van der Waals surface area contributed by atoms with Crippen LogP contribution in [0.25, 0.3) is 0 Å². The highest BCUT2D eigenvalue weighted by Crippen LogP contribution is 2.08. The van der Waals surface area contributed by atoms with Gasteiger partial charge >= 0.3 is 5.97 Å². The van der Waals surface area contributed by atoms with Gasteiger partial charge in [0.25, 0.3) is 5.91 Å². The number of thiazole rings is 1. The Morgan fingerprint density at radius 2 is 2.40 bits per heavy atom. The maximum Gasteiger partial charge on any atom is 0.355 e. The lowest BCUT2D eigenvalue weighted by molar-refractivity contribution is -0.115. The average Bonchev–Trinajstić information content (AvgIpc) is 2.63. The number of hydrogen-bond acceptors (Lipinski definition) is 4. The second kappa shape index (κ2) is 5.12. The van der Waals surface area contributed by atoms with Crippen LogP contribution in [0.4, 0.5) is 0 Å². The number of hydrogen-bond donors (Lipinski definition) is 2. The minimum Gasteiger partial charge on any atom is -0.476 e. The van der Waals surface area contributed by atoms with Gasteiger partial charge in [0.15, 0.2) is 5.69 Å². The molecule has 0 bridgehead atoms. The lowest BCUT2D eigenvalue weighted by atomic mass is 10.5. The van der Waals surface area contributed by atoms with E-state index in [2.05, 4.69) is 22.1 Å². The summed E-state index contributed by atoms with van der Waals surface area (Å²) in [5, 5.41) is 13.1. The van der Waals surface area contributed by atoms with Gasteiger partial charge in [0.05, 0.1) is 6.54 Å². The summed E-state index contributed by atoms with van der Waals surface area (Å²) < 4.78 is 0. The molecular weight excluding hydrogens is 216 g/mol. The molecule has 6 heteroatoms. The predicted octanol–water partition coefficient (Wildman–Crippen LogP) is 0.481. The molecule has 1 aromatic rings. The van der Waals surface area contributed by atoms with Crippen LogP contribution in [-0.4, -0.2) is 22.0 Å². The summed E-state index contributed by atoms with van der Waals surface area (Å²) in [7, 11) is 0. The molecule has 2 N–H and O–H groups in total. The fourth-order valence-electron chi connectivity index (χ4n) is 0.804. The van der Waals surface area contributed by atoms with Crippen molar-refractivity contribution >= 4 is 23.2 Å². The van der Waals surface area contributed by atoms with Crippen LogP contribution in [0.15, 0.2) is 5.38 Å². The van der Waals surface area contributed by atoms with Gasteiger partial charge in [-0.25, -0.2) is 9.78 Å². The molecule has 1 aromatic heterocycles. The zero-order valence-electron chi connectivity index (χ0n) is 7.90. The van der Waals surface area contributed by atoms with Gasteiger partial charge in [-0.15, -0.1) is 11.3 Å². The molecule has 0 saturated heterocycles. The number of carbonyl (C=O) groups is 2. The minimum atomic E-state index is -1.07. The van der Waals surface area contributed by atoms with Crippen LogP contribution in [0.1, 0.15) is 22.4 Å². The van der Waals surface area contributed by atoms with Crippen molar-refractivity contribution < 1.29 is 14.7 Å². The van der Waals surface area contributed by atoms with Gasteiger partial charge in [-0.05, 0) is 12.8 Å². The van der Waals surface area contributed by atoms with Gasteiger partial charge in [-0.1, -0.05) is 5.92 Å². The number of amides is 1. The van der Waals surface area contributed by atoms with E-state index in [0.29, 0.717) is 5.01 Å². The third-order valence-electron chi connectivity index (χ3n) is 1.41. The number of aromatic nitrogens is 1. The largest absolute Gasteiger partial charge is 0.476 e. The normalized spacial score (nSPS) is 8.87. The third-order valence-corrected chi connectivity index (χ3v) is 2.26. The Kier molecular flexibility index (Phi) is 3.83. The molecule has 0 radical (unpaired) electrons. The number of nitrogens with zero attached hydrogens (tertiary/aromatic N) is 1. The number of rotatable bonds is 3. The first-order valence-corrected chi connectivity index (χ1v) is 4.89. The predicted molar refractivity (Wildman–Crippen MR) is 54.4 cm³/mol. The average molecular weight is 224 g/mol. The van der Waals surface area contributed by atoms with Crippen LogP contribution in [0.5, 0.6) is 0 Å². The van der Waals surface area contributed by atoms with E-state index < -0.39 is 11.9 Å². The molecule has 0 aliphatic rings. The zero-order chi connectivity index (χ0) is 11.3. The van der Waals surface area contributed by atoms with Crippen molar-refractivity contribution in [2.75, 3.05) is 0 Å². The Morgan fingerprint density at radius 1 is 1.67 bits per heavy atom. The molecule has 5 nitrogen and oxygen atoms in total. The molecule has 0 aromatic carbocycles. The first-order valence-electron chi connectivity index (χ1n) is 4.01. The lowest BCUT2D eigenvalue weighted by Crippen LogP contribution is -2.20. The van der Waals surface area contributed by atoms with Gasteiger partial charge in [0.2, 0.25) is 0 Å². The Labute approximate surface area is 90.1 Å². The Morgan fingerprint density at radius 3 is 2.93 bits per heavy atom. The Bertz CT molecular complexity index is 442. The van der Waals surface area contributed by atoms with Crippen LogP contribution < -0.4 is 5.32 Å². The summed E-state index contributed by atoms with van der Waals surface area (Å²) in [6.45, 7) is 1.76. The first kappa shape index (κ1) is 11.2. The topological polar surface area (TPSA) is 79.3 Å². The number of nitrogens with one attached hydrogen (secondary N) is 1. The molecular formula is C9H8N2O3S. The number of carboxylic acid groups (broad SMARTS) is 1. The molecule has 0 saturated carbocycles. The van der Waals surface area contributed by atoms with Crippen molar-refractivity contribution in [3.8, 4) is 11.8 Å². The van der Waals surface area contributed by atoms with E-state index in [4.69, 9.17) is 5.11 Å². The summed E-state index contributed by atoms with van der Waals surface area (Å²) in [6.07, 6.45) is 0. The Hall–Kier alpha value is -1.87. The second-order valence-corrected chi connectivity index (χ2v) is 3.43. The van der Waals surface area contributed by atoms with Crippen molar-refractivity contribution in [2.24, 2.45) is 0 Å². The fourth-order valence-corrected chi connectivity index (χ4v) is 1.51. The van der Waals surface area contributed by atoms with Crippen molar-refractivity contribution in [2.45, 2.75) is 13.5 Å². The smallest absolute Gasteiger partial charge is 0.355 e. The SMILES string of the molecule is CC#CC(=O)NCc1nc(C(=O)O)cs1. The zero-order valence-corrected chi connectivity index (χ0v) is 8.72. The standard InChI is InChI=1S/C9H8N2O3S/c1-2-3-7(12)10-4-8-11-6(5-15-8)9(13)14/h5H,4H2,1H3,(H,10,12)(H,13,14). The molecule has 1 amide bonds. The summed E-state index contributed by atoms with van der Waals surface area (Å²) in [6, 6.07) is 0. The molecule has 0 spiro atoms. The molecule has 0 fully saturated rings. The van der Waals surface area contributed by atoms with Crippen LogP contribution >= 0.6 is 11.3 Å². The molecule has 0 atom stereocenters. The quantitative estimate of drug-likeness (QED) is 0.732. The van der Waals surface area contributed by atoms with Gasteiger partial charge in [-0.2, -0.15) is 0 Å². The van der Waals surface area contributed by atoms with Crippen LogP contribution in [-0.2, 0) is 11.3 Å². The van der Waals surface area contributed by atoms with E-state index in [1.807, 2.05) is 0 Å². The molecule has 0 aliphatic heterocycles. The maximum absolute atomic E-state index is 10.9. The molecule has 0 aliphatic carbocycles. The van der Waals surface area contributed by atoms with Gasteiger partial charge in [-0.3, -0.25) is 4.79 Å². The summed E-state index contributed by atoms with van der Waals surface area (Å²) >= 11 is 1.18. The van der Waals surface area contributed by atoms with Crippen molar-refractivity contribution in [1.82, 2.24) is 10.3 Å². The molecule has 15 heavy (non-hydrogen) atoms. The lowest BCUT2D eigenvalue weighted by Gasteiger charge is -1.95. The first-order chi connectivity index (χ1) is 7.13. The highest BCUT2D eigenvalue weighted by Gasteiger charge is 2.08. The summed E-state index contributed by atoms with van der Waals surface area (Å²) in [5.74, 6) is 3.29. The van der Waals surface area contributed by atoms with E-state index in [9.17, 15) is 9.59 Å². The maximum atomic E-state index is 10.9. The van der Waals surface area contributed by atoms with Gasteiger partial charge in [0, 0.05) is 5.38 Å². The van der Waals surface area contributed by atoms with Crippen molar-refractivity contribution in [1.29, 1.82) is 0 Å². The van der Waals surface area contributed by atoms with E-state index in [1.165, 1.54) is 16.7 Å². The van der Waals surface area contributed by atoms with Crippen LogP contribution in [0, 0.1) is 11.8 Å². The van der Waals surface area contributed by atoms with Crippen LogP contribution in [0.3, 0.4) is 0 Å². The molecule has 1 rings (SSSR count). The summed E-state index contributed by atoms with van der Waals surface area (Å²) in [5.41, 5.74) is -0.00850. The Balaban J connectivity index is 2.53. The van der Waals surface area contributed by atoms with Gasteiger partial charge in [0.1, 0.15) is 5.01 Å². The van der Waals surface area contributed by atoms with Crippen LogP contribution in [0.2, 0.25) is 0 Å². The molecule has 1 heterocycles. The second-order valence-electron chi connectivity index (χ2n) is 2.49. The number of carbonyl (C=O) groups excluding carboxylic acids is 1. The minimum absolute atomic E-state index is 0.00850. The highest BCUT2D eigenvalue weighted by atomic mass is 32.1. The third kappa shape index (κ3) is 3.40. The number of carboxylic acids is 1. The highest BCUT2D eigenvalue weighted by molar-refractivity contribution is 7.09. The van der Waals surface area contributed by atoms with Crippen molar-refractivity contribution in [3.05, 3.63) is 16.1 Å². The monoisotopic (exact) mass is 224 g/mol. The number of aromatic carboxylic acids is 1.